The molecule has 8 heteroatoms. The van der Waals surface area contributed by atoms with Crippen LogP contribution in [0.1, 0.15) is 43.2 Å². The number of anilines is 1. The smallest absolute Gasteiger partial charge is 0.250 e. The van der Waals surface area contributed by atoms with E-state index in [2.05, 4.69) is 15.6 Å². The highest BCUT2D eigenvalue weighted by Crippen LogP contribution is 2.54. The first-order valence-corrected chi connectivity index (χ1v) is 12.8. The molecule has 1 aliphatic carbocycles. The third-order valence-corrected chi connectivity index (χ3v) is 8.77. The Labute approximate surface area is 207 Å². The summed E-state index contributed by atoms with van der Waals surface area (Å²) in [5.41, 5.74) is 1.41. The topological polar surface area (TPSA) is 94.3 Å². The van der Waals surface area contributed by atoms with Crippen LogP contribution in [0.5, 0.6) is 0 Å². The van der Waals surface area contributed by atoms with Crippen molar-refractivity contribution in [2.24, 2.45) is 11.8 Å². The number of aromatic amines is 1. The number of rotatable bonds is 3. The van der Waals surface area contributed by atoms with E-state index in [-0.39, 0.29) is 17.9 Å². The van der Waals surface area contributed by atoms with Crippen molar-refractivity contribution in [3.8, 4) is 0 Å². The fourth-order valence-electron chi connectivity index (χ4n) is 7.21. The summed E-state index contributed by atoms with van der Waals surface area (Å²) in [4.78, 5) is 46.4. The second-order valence-electron chi connectivity index (χ2n) is 10.6. The second-order valence-corrected chi connectivity index (χ2v) is 10.6. The fourth-order valence-corrected chi connectivity index (χ4v) is 7.21. The lowest BCUT2D eigenvalue weighted by Crippen LogP contribution is -2.54. The number of amides is 3. The minimum Gasteiger partial charge on any atom is -0.361 e. The lowest BCUT2D eigenvalue weighted by Gasteiger charge is -2.34. The molecule has 184 valence electrons. The van der Waals surface area contributed by atoms with Crippen molar-refractivity contribution in [1.29, 1.82) is 0 Å². The molecule has 2 unspecified atom stereocenters. The van der Waals surface area contributed by atoms with E-state index < -0.39 is 35.1 Å². The van der Waals surface area contributed by atoms with E-state index >= 15 is 0 Å². The van der Waals surface area contributed by atoms with Gasteiger partial charge in [-0.3, -0.25) is 24.6 Å². The van der Waals surface area contributed by atoms with Crippen LogP contribution in [0, 0.1) is 17.7 Å². The van der Waals surface area contributed by atoms with Crippen LogP contribution in [0.25, 0.3) is 10.9 Å². The fraction of sp³-hybridized carbons (Fsp3) is 0.393. The first kappa shape index (κ1) is 21.7. The van der Waals surface area contributed by atoms with Crippen LogP contribution in [0.2, 0.25) is 0 Å². The van der Waals surface area contributed by atoms with Gasteiger partial charge in [-0.05, 0) is 49.1 Å². The maximum absolute atomic E-state index is 14.5. The average molecular weight is 487 g/mol. The van der Waals surface area contributed by atoms with Crippen LogP contribution >= 0.6 is 0 Å². The molecule has 2 saturated heterocycles. The molecule has 3 amide bonds. The van der Waals surface area contributed by atoms with Crippen LogP contribution in [-0.4, -0.2) is 39.7 Å². The molecule has 4 heterocycles. The largest absolute Gasteiger partial charge is 0.361 e. The summed E-state index contributed by atoms with van der Waals surface area (Å²) in [6.07, 6.45) is 7.03. The number of fused-ring (bicyclic) bond motifs is 5. The number of H-pyrrole nitrogens is 1. The number of likely N-dealkylation sites (tertiary alicyclic amines) is 1. The molecular formula is C28H27FN4O3. The van der Waals surface area contributed by atoms with Gasteiger partial charge in [0, 0.05) is 40.4 Å². The molecule has 7 nitrogen and oxygen atoms in total. The first-order valence-electron chi connectivity index (χ1n) is 12.8. The third kappa shape index (κ3) is 2.85. The standard InChI is InChI=1S/C28H27FN4O3/c29-16-10-11-21-19(13-16)28(27(36)31-21)24-23(25(34)33(26(24)35)17-6-2-1-3-7-17)22(32-28)12-15-14-30-20-9-5-4-8-18(15)20/h4-5,8-11,13-14,17,22-24,30,32H,1-3,6-7,12H2,(H,31,36)/t22?,23-,24+,28?/m1/s1. The van der Waals surface area contributed by atoms with Crippen molar-refractivity contribution in [3.05, 3.63) is 65.6 Å². The Morgan fingerprint density at radius 2 is 1.81 bits per heavy atom. The number of hydrogen-bond acceptors (Lipinski definition) is 4. The number of hydrogen-bond donors (Lipinski definition) is 3. The Balaban J connectivity index is 1.36. The predicted molar refractivity (Wildman–Crippen MR) is 131 cm³/mol. The summed E-state index contributed by atoms with van der Waals surface area (Å²) in [6, 6.07) is 11.5. The van der Waals surface area contributed by atoms with Crippen molar-refractivity contribution in [2.45, 2.75) is 56.1 Å². The van der Waals surface area contributed by atoms with E-state index in [1.165, 1.54) is 23.1 Å². The van der Waals surface area contributed by atoms with Gasteiger partial charge in [-0.2, -0.15) is 0 Å². The number of carbonyl (C=O) groups excluding carboxylic acids is 3. The Morgan fingerprint density at radius 3 is 2.64 bits per heavy atom. The molecule has 1 aromatic heterocycles. The van der Waals surface area contributed by atoms with Crippen molar-refractivity contribution >= 4 is 34.3 Å². The highest BCUT2D eigenvalue weighted by molar-refractivity contribution is 6.15. The Hall–Kier alpha value is -3.52. The molecule has 3 aliphatic heterocycles. The predicted octanol–water partition coefficient (Wildman–Crippen LogP) is 3.60. The van der Waals surface area contributed by atoms with Crippen molar-refractivity contribution < 1.29 is 18.8 Å². The highest BCUT2D eigenvalue weighted by Gasteiger charge is 2.71. The van der Waals surface area contributed by atoms with Gasteiger partial charge in [-0.15, -0.1) is 0 Å². The third-order valence-electron chi connectivity index (χ3n) is 8.77. The zero-order chi connectivity index (χ0) is 24.6. The number of imide groups is 1. The van der Waals surface area contributed by atoms with Gasteiger partial charge in [0.25, 0.3) is 0 Å². The van der Waals surface area contributed by atoms with Gasteiger partial charge in [0.05, 0.1) is 11.8 Å². The molecular weight excluding hydrogens is 459 g/mol. The van der Waals surface area contributed by atoms with Crippen molar-refractivity contribution in [3.63, 3.8) is 0 Å². The van der Waals surface area contributed by atoms with E-state index in [9.17, 15) is 18.8 Å². The SMILES string of the molecule is O=C1[C@@H]2C(Cc3c[nH]c4ccccc34)NC3(C(=O)Nc4ccc(F)cc43)[C@@H]2C(=O)N1C1CCCCC1. The number of benzene rings is 2. The van der Waals surface area contributed by atoms with E-state index in [1.54, 1.807) is 0 Å². The zero-order valence-electron chi connectivity index (χ0n) is 19.7. The molecule has 3 fully saturated rings. The second kappa shape index (κ2) is 7.74. The molecule has 1 spiro atoms. The van der Waals surface area contributed by atoms with Crippen LogP contribution in [0.4, 0.5) is 10.1 Å². The molecule has 4 atom stereocenters. The van der Waals surface area contributed by atoms with Gasteiger partial charge in [-0.1, -0.05) is 37.5 Å². The normalized spacial score (nSPS) is 29.9. The highest BCUT2D eigenvalue weighted by atomic mass is 19.1. The molecule has 4 aliphatic rings. The quantitative estimate of drug-likeness (QED) is 0.493. The maximum atomic E-state index is 14.5. The number of para-hydroxylation sites is 1. The van der Waals surface area contributed by atoms with E-state index in [0.717, 1.165) is 48.6 Å². The number of halogens is 1. The summed E-state index contributed by atoms with van der Waals surface area (Å²) in [5.74, 6) is -3.00. The van der Waals surface area contributed by atoms with Gasteiger partial charge in [0.15, 0.2) is 0 Å². The molecule has 0 radical (unpaired) electrons. The Kier molecular flexibility index (Phi) is 4.67. The summed E-state index contributed by atoms with van der Waals surface area (Å²) in [6.45, 7) is 0. The molecule has 1 saturated carbocycles. The van der Waals surface area contributed by atoms with Gasteiger partial charge in [0.2, 0.25) is 17.7 Å². The monoisotopic (exact) mass is 486 g/mol. The number of carbonyl (C=O) groups is 3. The van der Waals surface area contributed by atoms with Crippen LogP contribution < -0.4 is 10.6 Å². The molecule has 3 aromatic rings. The minimum atomic E-state index is -1.48. The van der Waals surface area contributed by atoms with Crippen molar-refractivity contribution in [1.82, 2.24) is 15.2 Å². The molecule has 0 bridgehead atoms. The Bertz CT molecular complexity index is 1430. The number of nitrogens with zero attached hydrogens (tertiary/aromatic N) is 1. The zero-order valence-corrected chi connectivity index (χ0v) is 19.7. The summed E-state index contributed by atoms with van der Waals surface area (Å²) < 4.78 is 14.5. The van der Waals surface area contributed by atoms with Crippen molar-refractivity contribution in [2.75, 3.05) is 5.32 Å². The van der Waals surface area contributed by atoms with Gasteiger partial charge in [0.1, 0.15) is 11.4 Å². The molecule has 7 rings (SSSR count). The summed E-state index contributed by atoms with van der Waals surface area (Å²) in [5, 5.41) is 7.32. The van der Waals surface area contributed by atoms with Crippen LogP contribution in [0.3, 0.4) is 0 Å². The van der Waals surface area contributed by atoms with Gasteiger partial charge < -0.3 is 10.3 Å². The molecule has 3 N–H and O–H groups in total. The minimum absolute atomic E-state index is 0.133. The first-order chi connectivity index (χ1) is 17.5. The van der Waals surface area contributed by atoms with Gasteiger partial charge in [-0.25, -0.2) is 4.39 Å². The van der Waals surface area contributed by atoms with E-state index in [4.69, 9.17) is 0 Å². The summed E-state index contributed by atoms with van der Waals surface area (Å²) >= 11 is 0. The Morgan fingerprint density at radius 1 is 1.00 bits per heavy atom. The average Bonchev–Trinajstić information content (AvgIpc) is 3.59. The lowest BCUT2D eigenvalue weighted by molar-refractivity contribution is -0.146. The van der Waals surface area contributed by atoms with Crippen LogP contribution in [-0.2, 0) is 26.3 Å². The van der Waals surface area contributed by atoms with E-state index in [0.29, 0.717) is 17.7 Å². The number of nitrogens with one attached hydrogen (secondary N) is 3. The maximum Gasteiger partial charge on any atom is 0.250 e. The van der Waals surface area contributed by atoms with Gasteiger partial charge >= 0.3 is 0 Å². The summed E-state index contributed by atoms with van der Waals surface area (Å²) in [7, 11) is 0. The lowest BCUT2D eigenvalue weighted by atomic mass is 9.76. The molecule has 2 aromatic carbocycles. The van der Waals surface area contributed by atoms with Crippen LogP contribution in [0.15, 0.2) is 48.7 Å². The van der Waals surface area contributed by atoms with E-state index in [1.807, 2.05) is 30.5 Å². The molecule has 36 heavy (non-hydrogen) atoms. The number of aromatic nitrogens is 1.